The number of carbonyl (C=O) groups excluding carboxylic acids is 3. The summed E-state index contributed by atoms with van der Waals surface area (Å²) in [6, 6.07) is 5.07. The van der Waals surface area contributed by atoms with Gasteiger partial charge in [0.05, 0.1) is 17.9 Å². The predicted molar refractivity (Wildman–Crippen MR) is 69.6 cm³/mol. The maximum absolute atomic E-state index is 11.5. The Morgan fingerprint density at radius 3 is 2.68 bits per heavy atom. The molecule has 0 unspecified atom stereocenters. The fourth-order valence-electron chi connectivity index (χ4n) is 1.20. The number of nitrogens with one attached hydrogen (secondary N) is 2. The summed E-state index contributed by atoms with van der Waals surface area (Å²) in [7, 11) is 0. The molecule has 0 saturated carbocycles. The average Bonchev–Trinajstić information content (AvgIpc) is 2.45. The van der Waals surface area contributed by atoms with Crippen molar-refractivity contribution in [3.8, 4) is 0 Å². The van der Waals surface area contributed by atoms with Crippen molar-refractivity contribution in [3.63, 3.8) is 0 Å². The van der Waals surface area contributed by atoms with E-state index < -0.39 is 11.8 Å². The Kier molecular flexibility index (Phi) is 5.68. The number of rotatable bonds is 6. The molecule has 0 radical (unpaired) electrons. The van der Waals surface area contributed by atoms with E-state index in [1.165, 1.54) is 6.20 Å². The Bertz CT molecular complexity index is 509. The quantitative estimate of drug-likeness (QED) is 0.557. The Labute approximate surface area is 110 Å². The molecule has 6 nitrogen and oxygen atoms in total. The Hall–Kier alpha value is -2.76. The highest BCUT2D eigenvalue weighted by Crippen LogP contribution is 2.07. The monoisotopic (exact) mass is 259 g/mol. The molecular formula is C13H13N3O3. The minimum atomic E-state index is -0.503. The van der Waals surface area contributed by atoms with E-state index in [9.17, 15) is 14.4 Å². The molecule has 2 N–H and O–H groups in total. The third-order valence-corrected chi connectivity index (χ3v) is 2.02. The van der Waals surface area contributed by atoms with Gasteiger partial charge in [-0.05, 0) is 18.2 Å². The smallest absolute Gasteiger partial charge is 0.247 e. The van der Waals surface area contributed by atoms with Crippen LogP contribution < -0.4 is 10.6 Å². The van der Waals surface area contributed by atoms with Gasteiger partial charge in [-0.2, -0.15) is 0 Å². The molecule has 0 atom stereocenters. The van der Waals surface area contributed by atoms with E-state index in [2.05, 4.69) is 22.2 Å². The van der Waals surface area contributed by atoms with Crippen molar-refractivity contribution < 1.29 is 14.4 Å². The minimum Gasteiger partial charge on any atom is -0.346 e. The first-order chi connectivity index (χ1) is 9.17. The molecular weight excluding hydrogens is 246 g/mol. The number of hydrogen-bond acceptors (Lipinski definition) is 4. The van der Waals surface area contributed by atoms with Gasteiger partial charge in [-0.25, -0.2) is 0 Å². The number of aromatic nitrogens is 1. The molecule has 0 aromatic carbocycles. The average molecular weight is 259 g/mol. The van der Waals surface area contributed by atoms with Crippen LogP contribution in [0.3, 0.4) is 0 Å². The molecule has 19 heavy (non-hydrogen) atoms. The zero-order valence-electron chi connectivity index (χ0n) is 10.1. The highest BCUT2D eigenvalue weighted by atomic mass is 16.2. The van der Waals surface area contributed by atoms with Crippen LogP contribution in [0.4, 0.5) is 0 Å². The SMILES string of the molecule is C=CC(=O)NC(=CC(=O)NCC=O)c1ccccn1. The molecule has 0 aliphatic rings. The molecule has 0 spiro atoms. The van der Waals surface area contributed by atoms with Gasteiger partial charge in [-0.1, -0.05) is 12.6 Å². The zero-order valence-corrected chi connectivity index (χ0v) is 10.1. The number of aldehydes is 1. The largest absolute Gasteiger partial charge is 0.346 e. The zero-order chi connectivity index (χ0) is 14.1. The number of hydrogen-bond donors (Lipinski definition) is 2. The normalized spacial score (nSPS) is 10.4. The fourth-order valence-corrected chi connectivity index (χ4v) is 1.20. The van der Waals surface area contributed by atoms with Crippen LogP contribution in [0.15, 0.2) is 43.1 Å². The molecule has 0 aliphatic carbocycles. The predicted octanol–water partition coefficient (Wildman–Crippen LogP) is 0.0398. The molecule has 1 rings (SSSR count). The molecule has 2 amide bonds. The van der Waals surface area contributed by atoms with Crippen LogP contribution in [0, 0.1) is 0 Å². The molecule has 1 heterocycles. The van der Waals surface area contributed by atoms with E-state index in [1.807, 2.05) is 0 Å². The van der Waals surface area contributed by atoms with Crippen LogP contribution in [-0.2, 0) is 14.4 Å². The topological polar surface area (TPSA) is 88.2 Å². The molecule has 0 fully saturated rings. The summed E-state index contributed by atoms with van der Waals surface area (Å²) in [5, 5.41) is 4.82. The standard InChI is InChI=1S/C13H13N3O3/c1-2-12(18)16-11(9-13(19)15-7-8-17)10-5-3-4-6-14-10/h2-6,8-9H,1,7H2,(H,15,19)(H,16,18). The van der Waals surface area contributed by atoms with E-state index in [4.69, 9.17) is 0 Å². The summed E-state index contributed by atoms with van der Waals surface area (Å²) in [4.78, 5) is 37.0. The van der Waals surface area contributed by atoms with Gasteiger partial charge >= 0.3 is 0 Å². The van der Waals surface area contributed by atoms with Crippen LogP contribution in [0.2, 0.25) is 0 Å². The number of carbonyl (C=O) groups is 3. The van der Waals surface area contributed by atoms with Crippen molar-refractivity contribution in [2.75, 3.05) is 6.54 Å². The molecule has 0 aliphatic heterocycles. The van der Waals surface area contributed by atoms with Gasteiger partial charge in [0.25, 0.3) is 0 Å². The van der Waals surface area contributed by atoms with E-state index >= 15 is 0 Å². The van der Waals surface area contributed by atoms with Gasteiger partial charge in [0.2, 0.25) is 11.8 Å². The molecule has 0 saturated heterocycles. The molecule has 98 valence electrons. The van der Waals surface area contributed by atoms with Crippen molar-refractivity contribution in [1.29, 1.82) is 0 Å². The Morgan fingerprint density at radius 1 is 1.32 bits per heavy atom. The van der Waals surface area contributed by atoms with Crippen LogP contribution in [-0.4, -0.2) is 29.6 Å². The Morgan fingerprint density at radius 2 is 2.11 bits per heavy atom. The fraction of sp³-hybridized carbons (Fsp3) is 0.0769. The first-order valence-electron chi connectivity index (χ1n) is 5.45. The summed E-state index contributed by atoms with van der Waals surface area (Å²) in [6.07, 6.45) is 4.34. The second-order valence-electron chi connectivity index (χ2n) is 3.38. The van der Waals surface area contributed by atoms with Crippen LogP contribution in [0.1, 0.15) is 5.69 Å². The van der Waals surface area contributed by atoms with E-state index in [0.29, 0.717) is 12.0 Å². The first-order valence-corrected chi connectivity index (χ1v) is 5.45. The summed E-state index contributed by atoms with van der Waals surface area (Å²) < 4.78 is 0. The van der Waals surface area contributed by atoms with E-state index in [1.54, 1.807) is 18.2 Å². The third kappa shape index (κ3) is 4.95. The maximum Gasteiger partial charge on any atom is 0.247 e. The van der Waals surface area contributed by atoms with E-state index in [0.717, 1.165) is 12.2 Å². The van der Waals surface area contributed by atoms with Gasteiger partial charge in [0.15, 0.2) is 0 Å². The lowest BCUT2D eigenvalue weighted by Gasteiger charge is -2.07. The minimum absolute atomic E-state index is 0.0970. The number of pyridine rings is 1. The molecule has 1 aromatic rings. The second-order valence-corrected chi connectivity index (χ2v) is 3.38. The van der Waals surface area contributed by atoms with Gasteiger partial charge in [-0.15, -0.1) is 0 Å². The van der Waals surface area contributed by atoms with Crippen LogP contribution >= 0.6 is 0 Å². The van der Waals surface area contributed by atoms with Crippen molar-refractivity contribution in [3.05, 3.63) is 48.8 Å². The van der Waals surface area contributed by atoms with E-state index in [-0.39, 0.29) is 12.2 Å². The highest BCUT2D eigenvalue weighted by molar-refractivity contribution is 6.00. The van der Waals surface area contributed by atoms with Crippen LogP contribution in [0.5, 0.6) is 0 Å². The van der Waals surface area contributed by atoms with Crippen molar-refractivity contribution in [2.24, 2.45) is 0 Å². The Balaban J connectivity index is 2.95. The number of amides is 2. The van der Waals surface area contributed by atoms with Gasteiger partial charge in [0, 0.05) is 12.3 Å². The van der Waals surface area contributed by atoms with Crippen LogP contribution in [0.25, 0.3) is 5.70 Å². The second kappa shape index (κ2) is 7.54. The molecule has 1 aromatic heterocycles. The summed E-state index contributed by atoms with van der Waals surface area (Å²) in [5.41, 5.74) is 0.660. The van der Waals surface area contributed by atoms with Crippen molar-refractivity contribution in [1.82, 2.24) is 15.6 Å². The summed E-state index contributed by atoms with van der Waals surface area (Å²) >= 11 is 0. The summed E-state index contributed by atoms with van der Waals surface area (Å²) in [6.45, 7) is 3.23. The van der Waals surface area contributed by atoms with Crippen molar-refractivity contribution in [2.45, 2.75) is 0 Å². The lowest BCUT2D eigenvalue weighted by molar-refractivity contribution is -0.118. The molecule has 0 bridgehead atoms. The van der Waals surface area contributed by atoms with Gasteiger partial charge in [0.1, 0.15) is 6.29 Å². The van der Waals surface area contributed by atoms with Gasteiger partial charge < -0.3 is 15.4 Å². The first kappa shape index (κ1) is 14.3. The highest BCUT2D eigenvalue weighted by Gasteiger charge is 2.08. The maximum atomic E-state index is 11.5. The number of nitrogens with zero attached hydrogens (tertiary/aromatic N) is 1. The lowest BCUT2D eigenvalue weighted by Crippen LogP contribution is -2.26. The van der Waals surface area contributed by atoms with Gasteiger partial charge in [-0.3, -0.25) is 14.6 Å². The van der Waals surface area contributed by atoms with Crippen molar-refractivity contribution >= 4 is 23.8 Å². The molecule has 6 heteroatoms. The lowest BCUT2D eigenvalue weighted by atomic mass is 10.2. The summed E-state index contributed by atoms with van der Waals surface area (Å²) in [5.74, 6) is -0.961. The third-order valence-electron chi connectivity index (χ3n) is 2.02.